The third kappa shape index (κ3) is 8.52. The topological polar surface area (TPSA) is 101 Å². The molecule has 0 saturated carbocycles. The summed E-state index contributed by atoms with van der Waals surface area (Å²) in [6.07, 6.45) is 2.06. The van der Waals surface area contributed by atoms with Crippen molar-refractivity contribution >= 4 is 39.7 Å². The number of anilines is 2. The minimum absolute atomic E-state index is 0. The van der Waals surface area contributed by atoms with Crippen LogP contribution in [0.25, 0.3) is 0 Å². The molecule has 0 aliphatic rings. The Morgan fingerprint density at radius 1 is 1.17 bits per heavy atom. The molecule has 1 aromatic carbocycles. The Hall–Kier alpha value is -1.31. The van der Waals surface area contributed by atoms with E-state index in [-0.39, 0.29) is 24.1 Å². The van der Waals surface area contributed by atoms with Crippen molar-refractivity contribution in [1.29, 1.82) is 0 Å². The number of benzene rings is 1. The van der Waals surface area contributed by atoms with Gasteiger partial charge in [-0.2, -0.15) is 0 Å². The van der Waals surface area contributed by atoms with Crippen LogP contribution in [0.2, 0.25) is 0 Å². The van der Waals surface area contributed by atoms with Gasteiger partial charge in [0.2, 0.25) is 15.9 Å². The zero-order valence-electron chi connectivity index (χ0n) is 14.4. The molecular formula is C16H28ClN3O3S. The van der Waals surface area contributed by atoms with E-state index in [1.165, 1.54) is 0 Å². The fourth-order valence-electron chi connectivity index (χ4n) is 2.04. The van der Waals surface area contributed by atoms with Gasteiger partial charge in [0.15, 0.2) is 0 Å². The quantitative estimate of drug-likeness (QED) is 0.615. The summed E-state index contributed by atoms with van der Waals surface area (Å²) in [4.78, 5) is 11.9. The van der Waals surface area contributed by atoms with Gasteiger partial charge in [-0.15, -0.1) is 12.4 Å². The van der Waals surface area contributed by atoms with Gasteiger partial charge in [0.05, 0.1) is 11.8 Å². The van der Waals surface area contributed by atoms with Crippen LogP contribution in [0.1, 0.15) is 40.0 Å². The largest absolute Gasteiger partial charge is 0.325 e. The summed E-state index contributed by atoms with van der Waals surface area (Å²) in [5.41, 5.74) is 6.89. The predicted molar refractivity (Wildman–Crippen MR) is 102 cm³/mol. The molecule has 0 spiro atoms. The molecule has 6 nitrogen and oxygen atoms in total. The van der Waals surface area contributed by atoms with Crippen LogP contribution >= 0.6 is 12.4 Å². The minimum atomic E-state index is -3.32. The SMILES string of the molecule is CCCCS(=O)(=O)Nc1ccc(NC(=O)[C@@H](N)CC(C)C)cc1.Cl. The third-order valence-corrected chi connectivity index (χ3v) is 4.63. The Morgan fingerprint density at radius 2 is 1.71 bits per heavy atom. The molecule has 1 rings (SSSR count). The predicted octanol–water partition coefficient (Wildman–Crippen LogP) is 2.96. The van der Waals surface area contributed by atoms with Gasteiger partial charge in [-0.25, -0.2) is 8.42 Å². The van der Waals surface area contributed by atoms with Crippen molar-refractivity contribution in [2.24, 2.45) is 11.7 Å². The highest BCUT2D eigenvalue weighted by Gasteiger charge is 2.15. The molecule has 24 heavy (non-hydrogen) atoms. The van der Waals surface area contributed by atoms with Gasteiger partial charge in [0.1, 0.15) is 0 Å². The second kappa shape index (κ2) is 10.5. The monoisotopic (exact) mass is 377 g/mol. The molecule has 0 heterocycles. The number of carbonyl (C=O) groups is 1. The highest BCUT2D eigenvalue weighted by Crippen LogP contribution is 2.16. The summed E-state index contributed by atoms with van der Waals surface area (Å²) in [5, 5.41) is 2.73. The third-order valence-electron chi connectivity index (χ3n) is 3.25. The summed E-state index contributed by atoms with van der Waals surface area (Å²) < 4.78 is 26.1. The van der Waals surface area contributed by atoms with Crippen LogP contribution in [0.4, 0.5) is 11.4 Å². The zero-order chi connectivity index (χ0) is 17.5. The van der Waals surface area contributed by atoms with E-state index in [2.05, 4.69) is 10.0 Å². The lowest BCUT2D eigenvalue weighted by Crippen LogP contribution is -2.36. The molecule has 0 saturated heterocycles. The fourth-order valence-corrected chi connectivity index (χ4v) is 3.30. The first-order chi connectivity index (χ1) is 10.7. The summed E-state index contributed by atoms with van der Waals surface area (Å²) in [6.45, 7) is 5.95. The molecule has 1 amide bonds. The first-order valence-electron chi connectivity index (χ1n) is 7.90. The van der Waals surface area contributed by atoms with E-state index >= 15 is 0 Å². The summed E-state index contributed by atoms with van der Waals surface area (Å²) >= 11 is 0. The first-order valence-corrected chi connectivity index (χ1v) is 9.55. The van der Waals surface area contributed by atoms with Gasteiger partial charge >= 0.3 is 0 Å². The average Bonchev–Trinajstić information content (AvgIpc) is 2.46. The van der Waals surface area contributed by atoms with Gasteiger partial charge < -0.3 is 11.1 Å². The smallest absolute Gasteiger partial charge is 0.241 e. The Balaban J connectivity index is 0.00000529. The van der Waals surface area contributed by atoms with Crippen LogP contribution in [-0.2, 0) is 14.8 Å². The molecule has 1 atom stereocenters. The number of hydrogen-bond acceptors (Lipinski definition) is 4. The Kier molecular flexibility index (Phi) is 9.96. The number of hydrogen-bond donors (Lipinski definition) is 3. The lowest BCUT2D eigenvalue weighted by Gasteiger charge is -2.14. The van der Waals surface area contributed by atoms with Gasteiger partial charge in [0, 0.05) is 11.4 Å². The average molecular weight is 378 g/mol. The van der Waals surface area contributed by atoms with E-state index in [9.17, 15) is 13.2 Å². The second-order valence-electron chi connectivity index (χ2n) is 6.08. The number of unbranched alkanes of at least 4 members (excludes halogenated alkanes) is 1. The van der Waals surface area contributed by atoms with Crippen molar-refractivity contribution in [3.05, 3.63) is 24.3 Å². The van der Waals surface area contributed by atoms with Gasteiger partial charge in [0.25, 0.3) is 0 Å². The summed E-state index contributed by atoms with van der Waals surface area (Å²) in [5.74, 6) is 0.206. The summed E-state index contributed by atoms with van der Waals surface area (Å²) in [6, 6.07) is 5.98. The maximum absolute atomic E-state index is 11.9. The normalized spacial score (nSPS) is 12.4. The molecule has 0 radical (unpaired) electrons. The van der Waals surface area contributed by atoms with Crippen LogP contribution in [0.5, 0.6) is 0 Å². The number of nitrogens with one attached hydrogen (secondary N) is 2. The van der Waals surface area contributed by atoms with Crippen molar-refractivity contribution in [1.82, 2.24) is 0 Å². The van der Waals surface area contributed by atoms with Crippen LogP contribution in [0.3, 0.4) is 0 Å². The van der Waals surface area contributed by atoms with E-state index in [0.29, 0.717) is 30.1 Å². The maximum Gasteiger partial charge on any atom is 0.241 e. The molecule has 0 aliphatic heterocycles. The molecule has 4 N–H and O–H groups in total. The molecular weight excluding hydrogens is 350 g/mol. The van der Waals surface area contributed by atoms with Gasteiger partial charge in [-0.05, 0) is 43.0 Å². The van der Waals surface area contributed by atoms with Crippen molar-refractivity contribution < 1.29 is 13.2 Å². The number of rotatable bonds is 9. The van der Waals surface area contributed by atoms with Crippen LogP contribution in [0, 0.1) is 5.92 Å². The molecule has 138 valence electrons. The van der Waals surface area contributed by atoms with Gasteiger partial charge in [-0.3, -0.25) is 9.52 Å². The van der Waals surface area contributed by atoms with E-state index in [1.807, 2.05) is 20.8 Å². The van der Waals surface area contributed by atoms with E-state index < -0.39 is 16.1 Å². The highest BCUT2D eigenvalue weighted by molar-refractivity contribution is 7.92. The van der Waals surface area contributed by atoms with Gasteiger partial charge in [-0.1, -0.05) is 27.2 Å². The molecule has 8 heteroatoms. The van der Waals surface area contributed by atoms with Crippen LogP contribution < -0.4 is 15.8 Å². The van der Waals surface area contributed by atoms with E-state index in [0.717, 1.165) is 6.42 Å². The second-order valence-corrected chi connectivity index (χ2v) is 7.92. The zero-order valence-corrected chi connectivity index (χ0v) is 16.0. The number of amides is 1. The van der Waals surface area contributed by atoms with Crippen molar-refractivity contribution in [2.45, 2.75) is 46.1 Å². The van der Waals surface area contributed by atoms with Crippen molar-refractivity contribution in [3.63, 3.8) is 0 Å². The number of nitrogens with two attached hydrogens (primary N) is 1. The number of sulfonamides is 1. The first kappa shape index (κ1) is 22.7. The summed E-state index contributed by atoms with van der Waals surface area (Å²) in [7, 11) is -3.32. The van der Waals surface area contributed by atoms with Crippen LogP contribution in [-0.4, -0.2) is 26.1 Å². The Morgan fingerprint density at radius 3 is 2.21 bits per heavy atom. The highest BCUT2D eigenvalue weighted by atomic mass is 35.5. The van der Waals surface area contributed by atoms with Crippen LogP contribution in [0.15, 0.2) is 24.3 Å². The molecule has 0 aromatic heterocycles. The molecule has 1 aromatic rings. The lowest BCUT2D eigenvalue weighted by atomic mass is 10.0. The van der Waals surface area contributed by atoms with Crippen molar-refractivity contribution in [3.8, 4) is 0 Å². The molecule has 0 unspecified atom stereocenters. The number of halogens is 1. The number of carbonyl (C=O) groups excluding carboxylic acids is 1. The fraction of sp³-hybridized carbons (Fsp3) is 0.562. The Labute approximate surface area is 151 Å². The lowest BCUT2D eigenvalue weighted by molar-refractivity contribution is -0.117. The molecule has 0 aliphatic carbocycles. The standard InChI is InChI=1S/C16H27N3O3S.ClH/c1-4-5-10-23(21,22)19-14-8-6-13(7-9-14)18-16(20)15(17)11-12(2)3;/h6-9,12,15,19H,4-5,10-11,17H2,1-3H3,(H,18,20);1H/t15-;/m0./s1. The maximum atomic E-state index is 11.9. The van der Waals surface area contributed by atoms with E-state index in [1.54, 1.807) is 24.3 Å². The van der Waals surface area contributed by atoms with E-state index in [4.69, 9.17) is 5.73 Å². The van der Waals surface area contributed by atoms with Crippen molar-refractivity contribution in [2.75, 3.05) is 15.8 Å². The molecule has 0 bridgehead atoms. The molecule has 0 fully saturated rings. The Bertz CT molecular complexity index is 603. The minimum Gasteiger partial charge on any atom is -0.325 e.